The average molecular weight is 882 g/mol. The highest BCUT2D eigenvalue weighted by atomic mass is 15.0. The van der Waals surface area contributed by atoms with Crippen LogP contribution in [0, 0.1) is 0 Å². The number of pyridine rings is 1. The molecule has 0 saturated heterocycles. The number of nitrogens with zero attached hydrogens (tertiary/aromatic N) is 7. The molecule has 0 atom stereocenters. The highest BCUT2D eigenvalue weighted by Gasteiger charge is 2.22. The van der Waals surface area contributed by atoms with Crippen molar-refractivity contribution in [3.63, 3.8) is 0 Å². The van der Waals surface area contributed by atoms with Crippen LogP contribution in [0.15, 0.2) is 237 Å². The Morgan fingerprint density at radius 1 is 0.275 bits per heavy atom. The molecule has 0 amide bonds. The second-order valence-corrected chi connectivity index (χ2v) is 17.5. The highest BCUT2D eigenvalue weighted by molar-refractivity contribution is 6.14. The van der Waals surface area contributed by atoms with Gasteiger partial charge in [-0.1, -0.05) is 164 Å². The predicted molar refractivity (Wildman–Crippen MR) is 282 cm³/mol. The quantitative estimate of drug-likeness (QED) is 0.160. The Balaban J connectivity index is 1.09. The maximum absolute atomic E-state index is 5.21. The van der Waals surface area contributed by atoms with E-state index in [2.05, 4.69) is 176 Å². The molecule has 322 valence electrons. The fourth-order valence-electron chi connectivity index (χ4n) is 10.5. The molecule has 5 heterocycles. The van der Waals surface area contributed by atoms with Gasteiger partial charge in [0.2, 0.25) is 0 Å². The minimum Gasteiger partial charge on any atom is -0.309 e. The normalized spacial score (nSPS) is 11.8. The smallest absolute Gasteiger partial charge is 0.164 e. The third-order valence-corrected chi connectivity index (χ3v) is 13.6. The maximum atomic E-state index is 5.21. The zero-order valence-corrected chi connectivity index (χ0v) is 37.1. The van der Waals surface area contributed by atoms with Gasteiger partial charge in [-0.25, -0.2) is 15.0 Å². The highest BCUT2D eigenvalue weighted by Crippen LogP contribution is 2.42. The van der Waals surface area contributed by atoms with Gasteiger partial charge in [0.1, 0.15) is 0 Å². The van der Waals surface area contributed by atoms with Gasteiger partial charge < -0.3 is 13.7 Å². The van der Waals surface area contributed by atoms with Gasteiger partial charge in [-0.3, -0.25) is 4.98 Å². The first-order valence-electron chi connectivity index (χ1n) is 23.2. The standard InChI is InChI=1S/C62H39N7/c1-3-16-40(17-4-1)60-64-61(41-18-5-2-6-19-41)66-62(65-60)42-29-32-46(43-20-15-35-63-39-43)57(36-42)69-58-37-44(67-53-25-11-7-21-47(53)48-22-8-12-26-54(48)67)30-33-51(58)52-34-31-45(38-59(52)69)68-55-27-13-9-23-49(55)50-24-10-14-28-56(50)68/h1-39H. The van der Waals surface area contributed by atoms with Gasteiger partial charge in [-0.15, -0.1) is 0 Å². The molecule has 0 spiro atoms. The van der Waals surface area contributed by atoms with Crippen LogP contribution in [-0.4, -0.2) is 33.6 Å². The Labute approximate surface area is 396 Å². The van der Waals surface area contributed by atoms with E-state index in [4.69, 9.17) is 15.0 Å². The van der Waals surface area contributed by atoms with Gasteiger partial charge in [0, 0.05) is 83.9 Å². The Bertz CT molecular complexity index is 3970. The number of hydrogen-bond donors (Lipinski definition) is 0. The van der Waals surface area contributed by atoms with Crippen molar-refractivity contribution in [3.8, 4) is 62.4 Å². The molecule has 69 heavy (non-hydrogen) atoms. The summed E-state index contributed by atoms with van der Waals surface area (Å²) in [7, 11) is 0. The van der Waals surface area contributed by atoms with Gasteiger partial charge in [0.25, 0.3) is 0 Å². The summed E-state index contributed by atoms with van der Waals surface area (Å²) in [6.45, 7) is 0. The monoisotopic (exact) mass is 881 g/mol. The SMILES string of the molecule is c1ccc(-c2nc(-c3ccccc3)nc(-c3ccc(-c4cccnc4)c(-n4c5cc(-n6c7ccccc7c7ccccc76)ccc5c5ccc(-n6c7ccccc7c7ccccc76)cc54)c3)n2)cc1. The lowest BCUT2D eigenvalue weighted by Gasteiger charge is -2.17. The Morgan fingerprint density at radius 3 is 1.13 bits per heavy atom. The molecule has 14 aromatic rings. The van der Waals surface area contributed by atoms with E-state index in [1.807, 2.05) is 79.1 Å². The van der Waals surface area contributed by atoms with E-state index in [9.17, 15) is 0 Å². The molecule has 9 aromatic carbocycles. The molecule has 14 rings (SSSR count). The van der Waals surface area contributed by atoms with Crippen LogP contribution in [0.2, 0.25) is 0 Å². The van der Waals surface area contributed by atoms with Crippen LogP contribution in [0.4, 0.5) is 0 Å². The zero-order valence-electron chi connectivity index (χ0n) is 37.1. The molecule has 0 aliphatic carbocycles. The molecule has 0 bridgehead atoms. The fraction of sp³-hybridized carbons (Fsp3) is 0. The number of benzene rings is 9. The first-order chi connectivity index (χ1) is 34.2. The average Bonchev–Trinajstić information content (AvgIpc) is 4.06. The van der Waals surface area contributed by atoms with Crippen molar-refractivity contribution in [1.82, 2.24) is 33.6 Å². The topological polar surface area (TPSA) is 66.3 Å². The fourth-order valence-corrected chi connectivity index (χ4v) is 10.5. The predicted octanol–water partition coefficient (Wildman–Crippen LogP) is 15.2. The summed E-state index contributed by atoms with van der Waals surface area (Å²) in [6.07, 6.45) is 3.78. The molecule has 0 radical (unpaired) electrons. The lowest BCUT2D eigenvalue weighted by atomic mass is 10.0. The van der Waals surface area contributed by atoms with Gasteiger partial charge >= 0.3 is 0 Å². The third kappa shape index (κ3) is 6.21. The van der Waals surface area contributed by atoms with E-state index in [0.717, 1.165) is 88.8 Å². The van der Waals surface area contributed by atoms with E-state index in [1.165, 1.54) is 21.5 Å². The van der Waals surface area contributed by atoms with Crippen LogP contribution in [0.5, 0.6) is 0 Å². The summed E-state index contributed by atoms with van der Waals surface area (Å²) in [5, 5.41) is 7.17. The minimum absolute atomic E-state index is 0.583. The molecule has 7 nitrogen and oxygen atoms in total. The van der Waals surface area contributed by atoms with Crippen LogP contribution in [0.25, 0.3) is 128 Å². The molecule has 0 fully saturated rings. The summed E-state index contributed by atoms with van der Waals surface area (Å²) in [4.78, 5) is 20.1. The Hall–Kier alpha value is -9.46. The largest absolute Gasteiger partial charge is 0.309 e. The number of rotatable bonds is 7. The van der Waals surface area contributed by atoms with E-state index in [0.29, 0.717) is 17.5 Å². The molecule has 0 N–H and O–H groups in total. The summed E-state index contributed by atoms with van der Waals surface area (Å²) < 4.78 is 7.24. The van der Waals surface area contributed by atoms with E-state index < -0.39 is 0 Å². The van der Waals surface area contributed by atoms with E-state index in [1.54, 1.807) is 0 Å². The van der Waals surface area contributed by atoms with Crippen LogP contribution < -0.4 is 0 Å². The van der Waals surface area contributed by atoms with Crippen molar-refractivity contribution in [2.45, 2.75) is 0 Å². The minimum atomic E-state index is 0.583. The van der Waals surface area contributed by atoms with E-state index >= 15 is 0 Å². The zero-order chi connectivity index (χ0) is 45.4. The third-order valence-electron chi connectivity index (χ3n) is 13.6. The van der Waals surface area contributed by atoms with Gasteiger partial charge in [-0.2, -0.15) is 0 Å². The molecule has 5 aromatic heterocycles. The number of fused-ring (bicyclic) bond motifs is 9. The number of aromatic nitrogens is 7. The van der Waals surface area contributed by atoms with Crippen LogP contribution in [-0.2, 0) is 0 Å². The summed E-state index contributed by atoms with van der Waals surface area (Å²) in [5.41, 5.74) is 14.6. The molecule has 0 saturated carbocycles. The Morgan fingerprint density at radius 2 is 0.681 bits per heavy atom. The lowest BCUT2D eigenvalue weighted by Crippen LogP contribution is -2.03. The lowest BCUT2D eigenvalue weighted by molar-refractivity contribution is 1.07. The van der Waals surface area contributed by atoms with Crippen molar-refractivity contribution in [2.75, 3.05) is 0 Å². The van der Waals surface area contributed by atoms with Crippen molar-refractivity contribution in [1.29, 1.82) is 0 Å². The first kappa shape index (κ1) is 38.8. The summed E-state index contributed by atoms with van der Waals surface area (Å²) in [6, 6.07) is 79.6. The van der Waals surface area contributed by atoms with Crippen LogP contribution in [0.1, 0.15) is 0 Å². The maximum Gasteiger partial charge on any atom is 0.164 e. The number of hydrogen-bond acceptors (Lipinski definition) is 4. The van der Waals surface area contributed by atoms with Gasteiger partial charge in [0.05, 0.1) is 38.8 Å². The molecular weight excluding hydrogens is 843 g/mol. The van der Waals surface area contributed by atoms with Crippen molar-refractivity contribution >= 4 is 65.4 Å². The first-order valence-corrected chi connectivity index (χ1v) is 23.2. The van der Waals surface area contributed by atoms with Crippen molar-refractivity contribution in [2.24, 2.45) is 0 Å². The Kier molecular flexibility index (Phi) is 8.75. The van der Waals surface area contributed by atoms with Crippen molar-refractivity contribution in [3.05, 3.63) is 237 Å². The van der Waals surface area contributed by atoms with Gasteiger partial charge in [0.15, 0.2) is 17.5 Å². The summed E-state index contributed by atoms with van der Waals surface area (Å²) in [5.74, 6) is 1.81. The van der Waals surface area contributed by atoms with Crippen molar-refractivity contribution < 1.29 is 0 Å². The second-order valence-electron chi connectivity index (χ2n) is 17.5. The van der Waals surface area contributed by atoms with E-state index in [-0.39, 0.29) is 0 Å². The molecule has 7 heteroatoms. The second kappa shape index (κ2) is 15.6. The summed E-state index contributed by atoms with van der Waals surface area (Å²) >= 11 is 0. The molecular formula is C62H39N7. The molecule has 0 unspecified atom stereocenters. The van der Waals surface area contributed by atoms with Crippen LogP contribution >= 0.6 is 0 Å². The molecule has 0 aliphatic heterocycles. The molecule has 0 aliphatic rings. The number of para-hydroxylation sites is 4. The van der Waals surface area contributed by atoms with Gasteiger partial charge in [-0.05, 0) is 60.7 Å². The van der Waals surface area contributed by atoms with Crippen LogP contribution in [0.3, 0.4) is 0 Å².